The molecule has 0 saturated carbocycles. The van der Waals surface area contributed by atoms with Gasteiger partial charge in [-0.15, -0.1) is 0 Å². The van der Waals surface area contributed by atoms with Crippen molar-refractivity contribution in [3.63, 3.8) is 0 Å². The molecule has 1 unspecified atom stereocenters. The maximum Gasteiger partial charge on any atom is 1.00 e. The smallest absolute Gasteiger partial charge is 0.549 e. The molecule has 9 heavy (non-hydrogen) atoms. The van der Waals surface area contributed by atoms with Crippen molar-refractivity contribution in [3.8, 4) is 0 Å². The minimum absolute atomic E-state index is 0. The van der Waals surface area contributed by atoms with Crippen LogP contribution in [0.3, 0.4) is 0 Å². The van der Waals surface area contributed by atoms with Crippen molar-refractivity contribution in [2.75, 3.05) is 6.54 Å². The van der Waals surface area contributed by atoms with Gasteiger partial charge in [-0.25, -0.2) is 0 Å². The van der Waals surface area contributed by atoms with Crippen molar-refractivity contribution in [1.82, 2.24) is 5.32 Å². The minimum atomic E-state index is -1.22. The summed E-state index contributed by atoms with van der Waals surface area (Å²) in [6.07, 6.45) is -0.784. The Morgan fingerprint density at radius 2 is 2.33 bits per heavy atom. The molecular formula is C4H8NNaO3. The fraction of sp³-hybridized carbons (Fsp3) is 0.750. The molecule has 0 aromatic heterocycles. The van der Waals surface area contributed by atoms with Crippen molar-refractivity contribution >= 4 is 5.97 Å². The van der Waals surface area contributed by atoms with Crippen LogP contribution in [0.25, 0.3) is 0 Å². The fourth-order valence-corrected chi connectivity index (χ4v) is 0.231. The molecule has 0 aliphatic heterocycles. The van der Waals surface area contributed by atoms with E-state index in [9.17, 15) is 9.90 Å². The van der Waals surface area contributed by atoms with E-state index < -0.39 is 12.2 Å². The van der Waals surface area contributed by atoms with Crippen molar-refractivity contribution in [2.24, 2.45) is 0 Å². The Balaban J connectivity index is 0. The van der Waals surface area contributed by atoms with Gasteiger partial charge in [0.1, 0.15) is 6.23 Å². The Morgan fingerprint density at radius 3 is 2.44 bits per heavy atom. The average molecular weight is 141 g/mol. The second-order valence-electron chi connectivity index (χ2n) is 1.43. The zero-order valence-corrected chi connectivity index (χ0v) is 7.55. The number of rotatable bonds is 3. The van der Waals surface area contributed by atoms with Gasteiger partial charge in [0.05, 0.1) is 5.97 Å². The number of nitrogens with one attached hydrogen (secondary N) is 1. The molecule has 0 spiro atoms. The number of carbonyl (C=O) groups excluding carboxylic acids is 1. The molecule has 4 nitrogen and oxygen atoms in total. The van der Waals surface area contributed by atoms with Gasteiger partial charge in [-0.3, -0.25) is 5.32 Å². The van der Waals surface area contributed by atoms with E-state index in [1.165, 1.54) is 6.92 Å². The summed E-state index contributed by atoms with van der Waals surface area (Å²) in [7, 11) is 0. The Labute approximate surface area is 75.5 Å². The monoisotopic (exact) mass is 141 g/mol. The molecule has 0 aromatic carbocycles. The Kier molecular flexibility index (Phi) is 8.75. The van der Waals surface area contributed by atoms with Crippen LogP contribution in [0.15, 0.2) is 0 Å². The van der Waals surface area contributed by atoms with Gasteiger partial charge in [-0.2, -0.15) is 0 Å². The third-order valence-electron chi connectivity index (χ3n) is 0.542. The van der Waals surface area contributed by atoms with E-state index in [2.05, 4.69) is 5.32 Å². The summed E-state index contributed by atoms with van der Waals surface area (Å²) in [5, 5.41) is 20.3. The first-order valence-corrected chi connectivity index (χ1v) is 2.24. The third kappa shape index (κ3) is 11.8. The second kappa shape index (κ2) is 6.51. The average Bonchev–Trinajstić information content (AvgIpc) is 1.61. The molecule has 0 saturated heterocycles. The predicted octanol–water partition coefficient (Wildman–Crippen LogP) is -5.33. The van der Waals surface area contributed by atoms with E-state index in [0.29, 0.717) is 0 Å². The van der Waals surface area contributed by atoms with Crippen LogP contribution < -0.4 is 40.0 Å². The Bertz CT molecular complexity index is 85.9. The van der Waals surface area contributed by atoms with Crippen molar-refractivity contribution in [2.45, 2.75) is 13.2 Å². The van der Waals surface area contributed by atoms with Gasteiger partial charge in [0.25, 0.3) is 0 Å². The molecule has 0 aromatic rings. The van der Waals surface area contributed by atoms with Gasteiger partial charge in [0.15, 0.2) is 0 Å². The van der Waals surface area contributed by atoms with Gasteiger partial charge < -0.3 is 15.0 Å². The topological polar surface area (TPSA) is 72.4 Å². The van der Waals surface area contributed by atoms with E-state index in [1.807, 2.05) is 0 Å². The van der Waals surface area contributed by atoms with Gasteiger partial charge in [-0.05, 0) is 6.92 Å². The number of aliphatic hydroxyl groups is 1. The molecule has 0 aliphatic carbocycles. The summed E-state index contributed by atoms with van der Waals surface area (Å²) in [5.41, 5.74) is 0. The van der Waals surface area contributed by atoms with Crippen molar-refractivity contribution in [3.05, 3.63) is 0 Å². The van der Waals surface area contributed by atoms with E-state index in [4.69, 9.17) is 5.11 Å². The quantitative estimate of drug-likeness (QED) is 0.304. The van der Waals surface area contributed by atoms with E-state index in [-0.39, 0.29) is 36.1 Å². The molecule has 48 valence electrons. The first-order valence-electron chi connectivity index (χ1n) is 2.24. The summed E-state index contributed by atoms with van der Waals surface area (Å²) < 4.78 is 0. The Hall–Kier alpha value is 0.390. The largest absolute Gasteiger partial charge is 1.00 e. The summed E-state index contributed by atoms with van der Waals surface area (Å²) in [5.74, 6) is -1.22. The number of aliphatic carboxylic acids is 1. The fourth-order valence-electron chi connectivity index (χ4n) is 0.231. The number of hydrogen-bond donors (Lipinski definition) is 2. The number of carboxylic acids is 1. The van der Waals surface area contributed by atoms with Crippen molar-refractivity contribution < 1.29 is 44.6 Å². The molecule has 0 aliphatic rings. The molecule has 5 heteroatoms. The Morgan fingerprint density at radius 1 is 1.89 bits per heavy atom. The molecule has 0 amide bonds. The number of hydrogen-bond acceptors (Lipinski definition) is 4. The molecule has 1 atom stereocenters. The molecule has 2 N–H and O–H groups in total. The van der Waals surface area contributed by atoms with Crippen LogP contribution in [0.1, 0.15) is 6.92 Å². The summed E-state index contributed by atoms with van der Waals surface area (Å²) >= 11 is 0. The normalized spacial score (nSPS) is 11.8. The zero-order chi connectivity index (χ0) is 6.57. The first-order chi connectivity index (χ1) is 3.63. The summed E-state index contributed by atoms with van der Waals surface area (Å²) in [6, 6.07) is 0. The second-order valence-corrected chi connectivity index (χ2v) is 1.43. The maximum absolute atomic E-state index is 9.62. The predicted molar refractivity (Wildman–Crippen MR) is 24.7 cm³/mol. The van der Waals surface area contributed by atoms with Gasteiger partial charge in [0.2, 0.25) is 0 Å². The zero-order valence-electron chi connectivity index (χ0n) is 5.55. The first kappa shape index (κ1) is 12.1. The maximum atomic E-state index is 9.62. The molecular weight excluding hydrogens is 133 g/mol. The number of aliphatic hydroxyl groups excluding tert-OH is 1. The van der Waals surface area contributed by atoms with Crippen LogP contribution in [0.4, 0.5) is 0 Å². The van der Waals surface area contributed by atoms with Crippen LogP contribution in [-0.4, -0.2) is 23.8 Å². The van der Waals surface area contributed by atoms with Crippen LogP contribution in [0.5, 0.6) is 0 Å². The molecule has 0 heterocycles. The minimum Gasteiger partial charge on any atom is -0.549 e. The molecule has 0 rings (SSSR count). The van der Waals surface area contributed by atoms with Crippen LogP contribution in [0.2, 0.25) is 0 Å². The van der Waals surface area contributed by atoms with E-state index >= 15 is 0 Å². The van der Waals surface area contributed by atoms with E-state index in [1.54, 1.807) is 0 Å². The molecule has 0 fully saturated rings. The van der Waals surface area contributed by atoms with E-state index in [0.717, 1.165) is 0 Å². The summed E-state index contributed by atoms with van der Waals surface area (Å²) in [4.78, 5) is 9.62. The molecule has 0 bridgehead atoms. The third-order valence-corrected chi connectivity index (χ3v) is 0.542. The molecule has 0 radical (unpaired) electrons. The van der Waals surface area contributed by atoms with Crippen LogP contribution in [0, 0.1) is 0 Å². The summed E-state index contributed by atoms with van der Waals surface area (Å²) in [6.45, 7) is 1.13. The van der Waals surface area contributed by atoms with Crippen molar-refractivity contribution in [1.29, 1.82) is 0 Å². The standard InChI is InChI=1S/C4H9NO3.Na/c1-3(6)5-2-4(7)8;/h3,5-6H,2H2,1H3,(H,7,8);/q;+1/p-1. The van der Waals surface area contributed by atoms with Crippen LogP contribution >= 0.6 is 0 Å². The van der Waals surface area contributed by atoms with Gasteiger partial charge in [-0.1, -0.05) is 0 Å². The number of carboxylic acid groups (broad SMARTS) is 1. The van der Waals surface area contributed by atoms with Crippen LogP contribution in [-0.2, 0) is 4.79 Å². The van der Waals surface area contributed by atoms with Gasteiger partial charge in [0, 0.05) is 6.54 Å². The van der Waals surface area contributed by atoms with Gasteiger partial charge >= 0.3 is 29.6 Å². The number of carbonyl (C=O) groups is 1. The SMILES string of the molecule is CC(O)NCC(=O)[O-].[Na+].